The molecular formula is C20H25N5. The molecule has 5 nitrogen and oxygen atoms in total. The maximum Gasteiger partial charge on any atom is 0.191 e. The lowest BCUT2D eigenvalue weighted by Gasteiger charge is -2.12. The molecule has 0 bridgehead atoms. The standard InChI is InChI=1S/C20H25N5/c1-4-21-20(22-13-16-10-6-5-9-15(16)2)23-14-19-24-17-11-7-8-12-18(17)25(19)3/h5-12H,4,13-14H2,1-3H3,(H2,21,22,23). The highest BCUT2D eigenvalue weighted by molar-refractivity contribution is 5.80. The first-order valence-electron chi connectivity index (χ1n) is 8.66. The molecule has 3 rings (SSSR count). The summed E-state index contributed by atoms with van der Waals surface area (Å²) in [7, 11) is 2.05. The number of para-hydroxylation sites is 2. The van der Waals surface area contributed by atoms with E-state index >= 15 is 0 Å². The van der Waals surface area contributed by atoms with Crippen LogP contribution in [0.1, 0.15) is 23.9 Å². The van der Waals surface area contributed by atoms with Crippen molar-refractivity contribution in [3.8, 4) is 0 Å². The van der Waals surface area contributed by atoms with Crippen molar-refractivity contribution < 1.29 is 0 Å². The maximum atomic E-state index is 4.70. The second kappa shape index (κ2) is 7.83. The van der Waals surface area contributed by atoms with Crippen LogP contribution in [-0.4, -0.2) is 22.1 Å². The Morgan fingerprint density at radius 2 is 1.84 bits per heavy atom. The number of nitrogens with one attached hydrogen (secondary N) is 2. The van der Waals surface area contributed by atoms with Gasteiger partial charge in [0.25, 0.3) is 0 Å². The molecule has 0 unspecified atom stereocenters. The normalized spacial score (nSPS) is 11.7. The Hall–Kier alpha value is -2.82. The van der Waals surface area contributed by atoms with E-state index in [0.29, 0.717) is 13.1 Å². The molecular weight excluding hydrogens is 310 g/mol. The predicted octanol–water partition coefficient (Wildman–Crippen LogP) is 3.14. The van der Waals surface area contributed by atoms with Gasteiger partial charge < -0.3 is 15.2 Å². The molecule has 2 aromatic carbocycles. The number of aromatic nitrogens is 2. The van der Waals surface area contributed by atoms with E-state index in [9.17, 15) is 0 Å². The summed E-state index contributed by atoms with van der Waals surface area (Å²) >= 11 is 0. The second-order valence-electron chi connectivity index (χ2n) is 6.05. The van der Waals surface area contributed by atoms with Crippen LogP contribution in [0, 0.1) is 6.92 Å². The van der Waals surface area contributed by atoms with Crippen LogP contribution in [0.3, 0.4) is 0 Å². The minimum atomic E-state index is 0.630. The number of aryl methyl sites for hydroxylation is 2. The summed E-state index contributed by atoms with van der Waals surface area (Å²) < 4.78 is 2.12. The number of guanidine groups is 1. The van der Waals surface area contributed by atoms with E-state index in [4.69, 9.17) is 9.98 Å². The number of hydrogen-bond acceptors (Lipinski definition) is 2. The van der Waals surface area contributed by atoms with E-state index < -0.39 is 0 Å². The molecule has 0 aliphatic heterocycles. The molecule has 0 saturated carbocycles. The van der Waals surface area contributed by atoms with E-state index in [0.717, 1.165) is 29.4 Å². The van der Waals surface area contributed by atoms with Gasteiger partial charge in [0.15, 0.2) is 5.96 Å². The van der Waals surface area contributed by atoms with Gasteiger partial charge in [-0.1, -0.05) is 36.4 Å². The molecule has 0 aliphatic rings. The SMILES string of the molecule is CCNC(=NCc1ccccc1C)NCc1nc2ccccc2n1C. The summed E-state index contributed by atoms with van der Waals surface area (Å²) in [4.78, 5) is 9.40. The van der Waals surface area contributed by atoms with Gasteiger partial charge in [0, 0.05) is 13.6 Å². The Morgan fingerprint density at radius 1 is 1.08 bits per heavy atom. The van der Waals surface area contributed by atoms with E-state index in [-0.39, 0.29) is 0 Å². The van der Waals surface area contributed by atoms with Gasteiger partial charge in [-0.3, -0.25) is 0 Å². The Labute approximate surface area is 148 Å². The zero-order chi connectivity index (χ0) is 17.6. The van der Waals surface area contributed by atoms with Gasteiger partial charge in [0.1, 0.15) is 5.82 Å². The highest BCUT2D eigenvalue weighted by Gasteiger charge is 2.07. The minimum Gasteiger partial charge on any atom is -0.357 e. The first kappa shape index (κ1) is 17.0. The summed E-state index contributed by atoms with van der Waals surface area (Å²) in [6.45, 7) is 6.29. The van der Waals surface area contributed by atoms with Gasteiger partial charge in [-0.15, -0.1) is 0 Å². The molecule has 0 spiro atoms. The molecule has 1 aromatic heterocycles. The third kappa shape index (κ3) is 3.99. The van der Waals surface area contributed by atoms with E-state index in [1.807, 2.05) is 25.2 Å². The summed E-state index contributed by atoms with van der Waals surface area (Å²) in [5.74, 6) is 1.79. The molecule has 0 radical (unpaired) electrons. The number of hydrogen-bond donors (Lipinski definition) is 2. The van der Waals surface area contributed by atoms with Crippen molar-refractivity contribution in [1.29, 1.82) is 0 Å². The average Bonchev–Trinajstić information content (AvgIpc) is 2.95. The monoisotopic (exact) mass is 335 g/mol. The summed E-state index contributed by atoms with van der Waals surface area (Å²) in [6, 6.07) is 16.5. The molecule has 0 aliphatic carbocycles. The molecule has 0 saturated heterocycles. The van der Waals surface area contributed by atoms with Crippen molar-refractivity contribution in [1.82, 2.24) is 20.2 Å². The molecule has 0 fully saturated rings. The van der Waals surface area contributed by atoms with Gasteiger partial charge in [0.2, 0.25) is 0 Å². The van der Waals surface area contributed by atoms with Crippen LogP contribution in [0.15, 0.2) is 53.5 Å². The van der Waals surface area contributed by atoms with Crippen LogP contribution in [0.5, 0.6) is 0 Å². The molecule has 1 heterocycles. The Balaban J connectivity index is 1.72. The number of fused-ring (bicyclic) bond motifs is 1. The van der Waals surface area contributed by atoms with Crippen LogP contribution < -0.4 is 10.6 Å². The van der Waals surface area contributed by atoms with Gasteiger partial charge in [0.05, 0.1) is 24.1 Å². The van der Waals surface area contributed by atoms with Crippen LogP contribution >= 0.6 is 0 Å². The third-order valence-corrected chi connectivity index (χ3v) is 4.31. The van der Waals surface area contributed by atoms with Crippen molar-refractivity contribution in [3.05, 3.63) is 65.5 Å². The first-order valence-corrected chi connectivity index (χ1v) is 8.66. The van der Waals surface area contributed by atoms with Gasteiger partial charge in [-0.25, -0.2) is 9.98 Å². The zero-order valence-corrected chi connectivity index (χ0v) is 15.1. The number of imidazole rings is 1. The predicted molar refractivity (Wildman–Crippen MR) is 104 cm³/mol. The van der Waals surface area contributed by atoms with E-state index in [2.05, 4.69) is 59.4 Å². The lowest BCUT2D eigenvalue weighted by Crippen LogP contribution is -2.37. The van der Waals surface area contributed by atoms with Crippen LogP contribution in [-0.2, 0) is 20.1 Å². The zero-order valence-electron chi connectivity index (χ0n) is 15.1. The average molecular weight is 335 g/mol. The first-order chi connectivity index (χ1) is 12.2. The van der Waals surface area contributed by atoms with Crippen molar-refractivity contribution in [3.63, 3.8) is 0 Å². The largest absolute Gasteiger partial charge is 0.357 e. The quantitative estimate of drug-likeness (QED) is 0.556. The molecule has 2 N–H and O–H groups in total. The van der Waals surface area contributed by atoms with E-state index in [1.165, 1.54) is 11.1 Å². The topological polar surface area (TPSA) is 54.2 Å². The Bertz CT molecular complexity index is 879. The Kier molecular flexibility index (Phi) is 5.33. The second-order valence-corrected chi connectivity index (χ2v) is 6.05. The molecule has 130 valence electrons. The summed E-state index contributed by atoms with van der Waals surface area (Å²) in [5, 5.41) is 6.68. The fourth-order valence-corrected chi connectivity index (χ4v) is 2.81. The van der Waals surface area contributed by atoms with Crippen LogP contribution in [0.4, 0.5) is 0 Å². The number of rotatable bonds is 5. The highest BCUT2D eigenvalue weighted by Crippen LogP contribution is 2.14. The lowest BCUT2D eigenvalue weighted by atomic mass is 10.1. The number of nitrogens with zero attached hydrogens (tertiary/aromatic N) is 3. The van der Waals surface area contributed by atoms with Crippen molar-refractivity contribution >= 4 is 17.0 Å². The van der Waals surface area contributed by atoms with Crippen LogP contribution in [0.2, 0.25) is 0 Å². The van der Waals surface area contributed by atoms with E-state index in [1.54, 1.807) is 0 Å². The van der Waals surface area contributed by atoms with Crippen LogP contribution in [0.25, 0.3) is 11.0 Å². The van der Waals surface area contributed by atoms with Gasteiger partial charge in [-0.2, -0.15) is 0 Å². The van der Waals surface area contributed by atoms with Crippen molar-refractivity contribution in [2.45, 2.75) is 26.9 Å². The molecule has 25 heavy (non-hydrogen) atoms. The molecule has 0 atom stereocenters. The smallest absolute Gasteiger partial charge is 0.191 e. The minimum absolute atomic E-state index is 0.630. The summed E-state index contributed by atoms with van der Waals surface area (Å²) in [6.07, 6.45) is 0. The Morgan fingerprint density at radius 3 is 2.60 bits per heavy atom. The molecule has 5 heteroatoms. The maximum absolute atomic E-state index is 4.70. The fourth-order valence-electron chi connectivity index (χ4n) is 2.81. The highest BCUT2D eigenvalue weighted by atomic mass is 15.2. The third-order valence-electron chi connectivity index (χ3n) is 4.31. The number of benzene rings is 2. The van der Waals surface area contributed by atoms with Crippen molar-refractivity contribution in [2.75, 3.05) is 6.54 Å². The molecule has 0 amide bonds. The summed E-state index contributed by atoms with van der Waals surface area (Å²) in [5.41, 5.74) is 4.66. The van der Waals surface area contributed by atoms with Crippen molar-refractivity contribution in [2.24, 2.45) is 12.0 Å². The van der Waals surface area contributed by atoms with Gasteiger partial charge >= 0.3 is 0 Å². The van der Waals surface area contributed by atoms with Gasteiger partial charge in [-0.05, 0) is 37.1 Å². The number of aliphatic imine (C=N–C) groups is 1. The molecule has 3 aromatic rings. The fraction of sp³-hybridized carbons (Fsp3) is 0.300. The lowest BCUT2D eigenvalue weighted by molar-refractivity contribution is 0.738.